The average molecular weight is 518 g/mol. The Bertz CT molecular complexity index is 1140. The van der Waals surface area contributed by atoms with Crippen LogP contribution in [0.1, 0.15) is 22.5 Å². The molecule has 0 fully saturated rings. The number of aromatic amines is 1. The summed E-state index contributed by atoms with van der Waals surface area (Å²) in [7, 11) is 3.80. The minimum Gasteiger partial charge on any atom is -0.481 e. The highest BCUT2D eigenvalue weighted by Gasteiger charge is 2.25. The second-order valence-corrected chi connectivity index (χ2v) is 9.14. The number of amides is 1. The van der Waals surface area contributed by atoms with E-state index in [4.69, 9.17) is 16.3 Å². The van der Waals surface area contributed by atoms with Crippen molar-refractivity contribution in [3.8, 4) is 11.1 Å². The predicted molar refractivity (Wildman–Crippen MR) is 133 cm³/mol. The summed E-state index contributed by atoms with van der Waals surface area (Å²) in [5.41, 5.74) is 1.97. The molecule has 1 heterocycles. The second kappa shape index (κ2) is 13.1. The Kier molecular flexibility index (Phi) is 9.92. The Morgan fingerprint density at radius 1 is 1.22 bits per heavy atom. The van der Waals surface area contributed by atoms with Gasteiger partial charge in [0.1, 0.15) is 5.82 Å². The molecule has 11 heteroatoms. The Labute approximate surface area is 213 Å². The van der Waals surface area contributed by atoms with Crippen molar-refractivity contribution in [3.63, 3.8) is 0 Å². The number of aliphatic carboxylic acids is 1. The quantitative estimate of drug-likeness (QED) is 0.297. The topological polar surface area (TPSA) is 120 Å². The van der Waals surface area contributed by atoms with E-state index in [0.717, 1.165) is 5.56 Å². The van der Waals surface area contributed by atoms with Crippen molar-refractivity contribution < 1.29 is 23.8 Å². The van der Waals surface area contributed by atoms with Gasteiger partial charge >= 0.3 is 5.97 Å². The number of aromatic nitrogens is 3. The summed E-state index contributed by atoms with van der Waals surface area (Å²) in [4.78, 5) is 26.5. The molecule has 0 saturated heterocycles. The van der Waals surface area contributed by atoms with Gasteiger partial charge in [-0.05, 0) is 56.3 Å². The van der Waals surface area contributed by atoms with Gasteiger partial charge in [-0.3, -0.25) is 9.59 Å². The molecule has 0 radical (unpaired) electrons. The molecule has 0 spiro atoms. The summed E-state index contributed by atoms with van der Waals surface area (Å²) in [5, 5.41) is 22.9. The van der Waals surface area contributed by atoms with Gasteiger partial charge in [-0.2, -0.15) is 15.4 Å². The fourth-order valence-electron chi connectivity index (χ4n) is 3.64. The summed E-state index contributed by atoms with van der Waals surface area (Å²) in [6.45, 7) is 1.08. The highest BCUT2D eigenvalue weighted by molar-refractivity contribution is 6.30. The second-order valence-electron chi connectivity index (χ2n) is 8.70. The summed E-state index contributed by atoms with van der Waals surface area (Å²) in [5.74, 6) is -2.69. The van der Waals surface area contributed by atoms with E-state index in [1.165, 1.54) is 18.3 Å². The van der Waals surface area contributed by atoms with Gasteiger partial charge in [-0.1, -0.05) is 35.9 Å². The van der Waals surface area contributed by atoms with Crippen molar-refractivity contribution >= 4 is 23.5 Å². The van der Waals surface area contributed by atoms with Gasteiger partial charge < -0.3 is 20.1 Å². The first-order valence-electron chi connectivity index (χ1n) is 11.4. The van der Waals surface area contributed by atoms with Crippen LogP contribution in [0.5, 0.6) is 0 Å². The lowest BCUT2D eigenvalue weighted by Crippen LogP contribution is -2.40. The zero-order chi connectivity index (χ0) is 26.1. The van der Waals surface area contributed by atoms with Crippen molar-refractivity contribution in [2.75, 3.05) is 33.9 Å². The van der Waals surface area contributed by atoms with Gasteiger partial charge in [0.2, 0.25) is 0 Å². The molecule has 2 unspecified atom stereocenters. The van der Waals surface area contributed by atoms with E-state index in [0.29, 0.717) is 35.7 Å². The molecule has 2 atom stereocenters. The molecule has 3 N–H and O–H groups in total. The number of carbonyl (C=O) groups is 2. The van der Waals surface area contributed by atoms with E-state index in [1.54, 1.807) is 18.2 Å². The number of carboxylic acid groups (broad SMARTS) is 1. The molecule has 1 amide bonds. The van der Waals surface area contributed by atoms with Crippen LogP contribution < -0.4 is 5.32 Å². The Morgan fingerprint density at radius 3 is 2.61 bits per heavy atom. The van der Waals surface area contributed by atoms with Crippen molar-refractivity contribution in [2.45, 2.75) is 18.9 Å². The van der Waals surface area contributed by atoms with E-state index in [9.17, 15) is 19.1 Å². The maximum absolute atomic E-state index is 14.2. The number of benzene rings is 2. The number of hydrogen-bond acceptors (Lipinski definition) is 6. The van der Waals surface area contributed by atoms with Crippen molar-refractivity contribution in [3.05, 3.63) is 70.8 Å². The van der Waals surface area contributed by atoms with Gasteiger partial charge in [0.15, 0.2) is 5.69 Å². The molecule has 36 heavy (non-hydrogen) atoms. The molecule has 3 rings (SSSR count). The lowest BCUT2D eigenvalue weighted by Gasteiger charge is -2.23. The fourth-order valence-corrected chi connectivity index (χ4v) is 3.82. The molecule has 0 bridgehead atoms. The Hall–Kier alpha value is -3.34. The largest absolute Gasteiger partial charge is 0.481 e. The van der Waals surface area contributed by atoms with Crippen LogP contribution in [0, 0.1) is 11.7 Å². The summed E-state index contributed by atoms with van der Waals surface area (Å²) >= 11 is 6.01. The van der Waals surface area contributed by atoms with Gasteiger partial charge in [-0.15, -0.1) is 0 Å². The van der Waals surface area contributed by atoms with Crippen LogP contribution in [0.25, 0.3) is 11.1 Å². The van der Waals surface area contributed by atoms with Crippen LogP contribution in [0.15, 0.2) is 48.7 Å². The minimum atomic E-state index is -1.01. The van der Waals surface area contributed by atoms with Gasteiger partial charge in [0, 0.05) is 23.2 Å². The highest BCUT2D eigenvalue weighted by atomic mass is 35.5. The predicted octanol–water partition coefficient (Wildman–Crippen LogP) is 3.27. The molecule has 0 saturated carbocycles. The standard InChI is InChI=1S/C25H29ClFN5O4/c1-32(2)9-10-36-15-18(25(34)35)12-20(29-24(33)23-14-28-31-30-23)11-16-3-5-17(6-4-16)21-13-19(26)7-8-22(21)27/h3-8,13-14,18,20H,9-12,15H2,1-2H3,(H,29,33)(H,34,35)(H,28,30,31). The monoisotopic (exact) mass is 517 g/mol. The lowest BCUT2D eigenvalue weighted by atomic mass is 9.94. The SMILES string of the molecule is CN(C)CCOCC(CC(Cc1ccc(-c2cc(Cl)ccc2F)cc1)NC(=O)c1cn[nH]n1)C(=O)O. The molecule has 0 aliphatic carbocycles. The zero-order valence-corrected chi connectivity index (χ0v) is 20.8. The van der Waals surface area contributed by atoms with Gasteiger partial charge in [-0.25, -0.2) is 4.39 Å². The number of carbonyl (C=O) groups excluding carboxylic acids is 1. The third-order valence-electron chi connectivity index (χ3n) is 5.58. The number of carboxylic acids is 1. The van der Waals surface area contributed by atoms with Gasteiger partial charge in [0.25, 0.3) is 5.91 Å². The van der Waals surface area contributed by atoms with Crippen molar-refractivity contribution in [1.29, 1.82) is 0 Å². The number of nitrogens with zero attached hydrogens (tertiary/aromatic N) is 3. The average Bonchev–Trinajstić information content (AvgIpc) is 3.38. The minimum absolute atomic E-state index is 0.0203. The Morgan fingerprint density at radius 2 is 1.97 bits per heavy atom. The van der Waals surface area contributed by atoms with E-state index in [2.05, 4.69) is 20.7 Å². The number of H-pyrrole nitrogens is 1. The van der Waals surface area contributed by atoms with Crippen LogP contribution in [0.3, 0.4) is 0 Å². The number of nitrogens with one attached hydrogen (secondary N) is 2. The fraction of sp³-hybridized carbons (Fsp3) is 0.360. The first-order valence-corrected chi connectivity index (χ1v) is 11.8. The molecule has 0 aliphatic heterocycles. The summed E-state index contributed by atoms with van der Waals surface area (Å²) < 4.78 is 19.8. The smallest absolute Gasteiger partial charge is 0.308 e. The number of rotatable bonds is 13. The molecule has 3 aromatic rings. The summed E-state index contributed by atoms with van der Waals surface area (Å²) in [6.07, 6.45) is 1.79. The van der Waals surface area contributed by atoms with E-state index in [1.807, 2.05) is 31.1 Å². The zero-order valence-electron chi connectivity index (χ0n) is 20.1. The first-order chi connectivity index (χ1) is 17.2. The van der Waals surface area contributed by atoms with Crippen molar-refractivity contribution in [2.24, 2.45) is 5.92 Å². The van der Waals surface area contributed by atoms with Crippen LogP contribution in [0.2, 0.25) is 5.02 Å². The van der Waals surface area contributed by atoms with Gasteiger partial charge in [0.05, 0.1) is 25.3 Å². The normalized spacial score (nSPS) is 12.9. The van der Waals surface area contributed by atoms with Crippen LogP contribution in [-0.4, -0.2) is 77.2 Å². The van der Waals surface area contributed by atoms with Crippen LogP contribution in [-0.2, 0) is 16.0 Å². The number of likely N-dealkylation sites (N-methyl/N-ethyl adjacent to an activating group) is 1. The van der Waals surface area contributed by atoms with E-state index >= 15 is 0 Å². The molecule has 192 valence electrons. The van der Waals surface area contributed by atoms with Crippen LogP contribution in [0.4, 0.5) is 4.39 Å². The number of hydrogen-bond donors (Lipinski definition) is 3. The lowest BCUT2D eigenvalue weighted by molar-refractivity contribution is -0.144. The maximum Gasteiger partial charge on any atom is 0.308 e. The molecular weight excluding hydrogens is 489 g/mol. The highest BCUT2D eigenvalue weighted by Crippen LogP contribution is 2.27. The molecule has 1 aromatic heterocycles. The van der Waals surface area contributed by atoms with E-state index < -0.39 is 23.8 Å². The van der Waals surface area contributed by atoms with Crippen molar-refractivity contribution in [1.82, 2.24) is 25.6 Å². The number of ether oxygens (including phenoxy) is 1. The number of halogens is 2. The molecule has 0 aliphatic rings. The first kappa shape index (κ1) is 27.3. The third-order valence-corrected chi connectivity index (χ3v) is 5.81. The molecular formula is C25H29ClFN5O4. The molecule has 2 aromatic carbocycles. The Balaban J connectivity index is 1.74. The summed E-state index contributed by atoms with van der Waals surface area (Å²) in [6, 6.07) is 11.0. The molecule has 9 nitrogen and oxygen atoms in total. The maximum atomic E-state index is 14.2. The third kappa shape index (κ3) is 8.11. The van der Waals surface area contributed by atoms with E-state index in [-0.39, 0.29) is 24.5 Å². The van der Waals surface area contributed by atoms with Crippen LogP contribution >= 0.6 is 11.6 Å².